The van der Waals surface area contributed by atoms with Crippen molar-refractivity contribution >= 4 is 0 Å². The van der Waals surface area contributed by atoms with Gasteiger partial charge in [-0.3, -0.25) is 0 Å². The Morgan fingerprint density at radius 2 is 0.353 bits per heavy atom. The van der Waals surface area contributed by atoms with Crippen molar-refractivity contribution in [1.82, 2.24) is 0 Å². The molecule has 0 bridgehead atoms. The number of phenols is 12. The summed E-state index contributed by atoms with van der Waals surface area (Å²) in [5, 5.41) is 121. The number of phenolic OH excluding ortho intramolecular Hbond substituents is 12. The first-order chi connectivity index (χ1) is 63.6. The highest BCUT2D eigenvalue weighted by atomic mass is 16.3. The normalized spacial score (nSPS) is 21.3. The van der Waals surface area contributed by atoms with Crippen LogP contribution in [-0.2, 0) is 21.7 Å². The van der Waals surface area contributed by atoms with Gasteiger partial charge in [-0.15, -0.1) is 0 Å². The molecule has 12 aromatic carbocycles. The molecule has 0 saturated heterocycles. The maximum absolute atomic E-state index is 10.3. The Morgan fingerprint density at radius 3 is 0.549 bits per heavy atom. The van der Waals surface area contributed by atoms with Gasteiger partial charge in [0.05, 0.1) is 0 Å². The van der Waals surface area contributed by atoms with Crippen LogP contribution in [0.5, 0.6) is 69.0 Å². The third-order valence-electron chi connectivity index (χ3n) is 35.3. The lowest BCUT2D eigenvalue weighted by molar-refractivity contribution is 0.0364. The molecule has 6 fully saturated rings. The van der Waals surface area contributed by atoms with E-state index in [1.807, 2.05) is 76.2 Å². The molecule has 6 aliphatic carbocycles. The quantitative estimate of drug-likeness (QED) is 0.0384. The number of benzene rings is 12. The van der Waals surface area contributed by atoms with Gasteiger partial charge in [-0.1, -0.05) is 187 Å². The fourth-order valence-electron chi connectivity index (χ4n) is 26.4. The van der Waals surface area contributed by atoms with Gasteiger partial charge >= 0.3 is 0 Å². The maximum Gasteiger partial charge on any atom is 0.118 e. The van der Waals surface area contributed by atoms with Gasteiger partial charge in [0.1, 0.15) is 69.0 Å². The lowest BCUT2D eigenvalue weighted by Crippen LogP contribution is -2.43. The lowest BCUT2D eigenvalue weighted by atomic mass is 9.53. The minimum Gasteiger partial charge on any atom is -0.508 e. The van der Waals surface area contributed by atoms with Crippen molar-refractivity contribution in [3.05, 3.63) is 356 Å². The summed E-state index contributed by atoms with van der Waals surface area (Å²) in [5.41, 5.74) is 18.6. The molecule has 6 atom stereocenters. The van der Waals surface area contributed by atoms with E-state index in [1.165, 1.54) is 66.8 Å². The van der Waals surface area contributed by atoms with Gasteiger partial charge < -0.3 is 61.3 Å². The van der Waals surface area contributed by atoms with Crippen LogP contribution in [-0.4, -0.2) is 61.3 Å². The third kappa shape index (κ3) is 19.4. The first-order valence-electron chi connectivity index (χ1n) is 49.1. The molecule has 18 rings (SSSR count). The average molecular weight is 1790 g/mol. The van der Waals surface area contributed by atoms with E-state index in [2.05, 4.69) is 187 Å². The SMILES string of the molecule is CC(C)(C1CCC(c2ccc(O)cc2)(c2ccc(O)cc2)CC1)C1CCC(c2ccc(O)cc2)(c2ccc(O)cc2)CC1.CC(C)(C1CCC(c2ccc(O)cc2)C(c2ccc(O)cc2)C1)C1CCC(c2ccc(O)cc2)C(c2ccc(O)cc2)C1.Cc1cc(C2(c3ccc(O)c(C)c3)CCC(C(C)(C)C3CCC(c4ccc(O)c(C)c4)(c4ccc(O)c(C)c4)CC3)CC2)ccc1O. The molecule has 0 amide bonds. The van der Waals surface area contributed by atoms with E-state index in [4.69, 9.17) is 0 Å². The van der Waals surface area contributed by atoms with Gasteiger partial charge in [-0.05, 0) is 455 Å². The van der Waals surface area contributed by atoms with E-state index in [9.17, 15) is 61.3 Å². The Labute approximate surface area is 788 Å². The van der Waals surface area contributed by atoms with Crippen molar-refractivity contribution in [3.63, 3.8) is 0 Å². The summed E-state index contributed by atoms with van der Waals surface area (Å²) in [6.07, 6.45) is 24.0. The maximum atomic E-state index is 10.3. The molecule has 0 heterocycles. The van der Waals surface area contributed by atoms with Crippen molar-refractivity contribution in [2.45, 2.75) is 256 Å². The summed E-state index contributed by atoms with van der Waals surface area (Å²) in [4.78, 5) is 0. The number of aromatic hydroxyl groups is 12. The van der Waals surface area contributed by atoms with E-state index < -0.39 is 0 Å². The summed E-state index contributed by atoms with van der Waals surface area (Å²) >= 11 is 0. The monoisotopic (exact) mass is 1790 g/mol. The zero-order chi connectivity index (χ0) is 94.1. The van der Waals surface area contributed by atoms with Crippen molar-refractivity contribution in [2.75, 3.05) is 0 Å². The van der Waals surface area contributed by atoms with Gasteiger partial charge in [0, 0.05) is 21.7 Å². The van der Waals surface area contributed by atoms with Gasteiger partial charge in [0.25, 0.3) is 0 Å². The van der Waals surface area contributed by atoms with E-state index >= 15 is 0 Å². The zero-order valence-corrected chi connectivity index (χ0v) is 79.6. The first-order valence-corrected chi connectivity index (χ1v) is 49.1. The summed E-state index contributed by atoms with van der Waals surface area (Å²) in [5.74, 6) is 8.56. The molecule has 12 nitrogen and oxygen atoms in total. The molecule has 6 saturated carbocycles. The van der Waals surface area contributed by atoms with Crippen LogP contribution in [0.15, 0.2) is 267 Å². The highest BCUT2D eigenvalue weighted by Gasteiger charge is 2.52. The third-order valence-corrected chi connectivity index (χ3v) is 35.3. The Kier molecular flexibility index (Phi) is 27.5. The van der Waals surface area contributed by atoms with Gasteiger partial charge in [0.2, 0.25) is 0 Å². The molecule has 12 aromatic rings. The minimum absolute atomic E-state index is 0.129. The number of rotatable bonds is 18. The van der Waals surface area contributed by atoms with Crippen molar-refractivity contribution in [2.24, 2.45) is 51.8 Å². The molecule has 696 valence electrons. The lowest BCUT2D eigenvalue weighted by Gasteiger charge is -2.52. The fourth-order valence-corrected chi connectivity index (χ4v) is 26.4. The molecule has 133 heavy (non-hydrogen) atoms. The van der Waals surface area contributed by atoms with Crippen LogP contribution in [0.4, 0.5) is 0 Å². The average Bonchev–Trinajstić information content (AvgIpc) is 0.744. The van der Waals surface area contributed by atoms with E-state index in [1.54, 1.807) is 72.8 Å². The summed E-state index contributed by atoms with van der Waals surface area (Å²) in [6.45, 7) is 22.9. The first kappa shape index (κ1) is 94.4. The molecular formula is C121H140O12. The second-order valence-electron chi connectivity index (χ2n) is 42.9. The molecule has 0 spiro atoms. The van der Waals surface area contributed by atoms with Crippen LogP contribution in [0.2, 0.25) is 0 Å². The van der Waals surface area contributed by atoms with Crippen LogP contribution in [0, 0.1) is 79.4 Å². The van der Waals surface area contributed by atoms with Crippen molar-refractivity contribution in [1.29, 1.82) is 0 Å². The van der Waals surface area contributed by atoms with Gasteiger partial charge in [-0.25, -0.2) is 0 Å². The standard InChI is InChI=1S/C43H52O4.2C39H44O4/c1-27-23-33(7-11-37(27)44)42(34-8-12-38(45)28(2)24-34)19-15-31(16-20-42)41(5,6)32-17-21-43(22-18-32,35-9-13-39(46)29(3)25-35)36-10-14-40(47)30(4)26-36;1-39(2,29-11-21-35(25-3-13-31(40)14-4-25)37(23-29)27-7-17-33(42)18-8-27)30-12-22-36(26-5-15-32(41)16-6-26)38(24-30)28-9-19-34(43)20-10-28;1-37(2,27-19-23-38(24-20-27,29-3-11-33(40)12-4-29)30-5-13-34(41)14-6-30)28-21-25-39(26-22-28,31-7-15-35(42)16-8-31)32-9-17-36(43)18-10-32/h7-14,23-26,31-32,44-47H,15-22H2,1-6H3;3-10,13-20,29-30,35-38,40-43H,11-12,21-24H2,1-2H3;3-18,27-28,40-43H,19-26H2,1-2H3. The molecule has 0 aliphatic heterocycles. The smallest absolute Gasteiger partial charge is 0.118 e. The summed E-state index contributed by atoms with van der Waals surface area (Å²) < 4.78 is 0. The molecule has 12 N–H and O–H groups in total. The summed E-state index contributed by atoms with van der Waals surface area (Å²) in [7, 11) is 0. The second kappa shape index (κ2) is 38.7. The van der Waals surface area contributed by atoms with E-state index in [0.29, 0.717) is 105 Å². The van der Waals surface area contributed by atoms with Crippen molar-refractivity contribution in [3.8, 4) is 69.0 Å². The topological polar surface area (TPSA) is 243 Å². The highest BCUT2D eigenvalue weighted by molar-refractivity contribution is 5.53. The zero-order valence-electron chi connectivity index (χ0n) is 79.6. The van der Waals surface area contributed by atoms with E-state index in [0.717, 1.165) is 164 Å². The summed E-state index contributed by atoms with van der Waals surface area (Å²) in [6, 6.07) is 86.5. The van der Waals surface area contributed by atoms with Gasteiger partial charge in [-0.2, -0.15) is 0 Å². The second-order valence-corrected chi connectivity index (χ2v) is 42.9. The predicted octanol–water partition coefficient (Wildman–Crippen LogP) is 29.2. The molecule has 0 aromatic heterocycles. The Balaban J connectivity index is 0.000000146. The van der Waals surface area contributed by atoms with E-state index in [-0.39, 0.29) is 60.9 Å². The van der Waals surface area contributed by atoms with Crippen molar-refractivity contribution < 1.29 is 61.3 Å². The number of hydrogen-bond donors (Lipinski definition) is 12. The Hall–Kier alpha value is -11.8. The molecule has 0 radical (unpaired) electrons. The molecular weight excluding hydrogens is 1650 g/mol. The van der Waals surface area contributed by atoms with Gasteiger partial charge in [0.15, 0.2) is 0 Å². The van der Waals surface area contributed by atoms with Crippen LogP contribution in [0.3, 0.4) is 0 Å². The van der Waals surface area contributed by atoms with Crippen LogP contribution in [0.25, 0.3) is 0 Å². The molecule has 6 unspecified atom stereocenters. The minimum atomic E-state index is -0.154. The molecule has 12 heteroatoms. The molecule has 6 aliphatic rings. The fraction of sp³-hybridized carbons (Fsp3) is 0.405. The Morgan fingerprint density at radius 1 is 0.188 bits per heavy atom. The number of hydrogen-bond acceptors (Lipinski definition) is 12. The predicted molar refractivity (Wildman–Crippen MR) is 534 cm³/mol. The highest BCUT2D eigenvalue weighted by Crippen LogP contribution is 2.63. The van der Waals surface area contributed by atoms with Crippen LogP contribution in [0.1, 0.15) is 295 Å². The number of aryl methyl sites for hydroxylation is 4. The van der Waals surface area contributed by atoms with Crippen LogP contribution < -0.4 is 0 Å². The van der Waals surface area contributed by atoms with Crippen LogP contribution >= 0.6 is 0 Å². The Bertz CT molecular complexity index is 5360. The largest absolute Gasteiger partial charge is 0.508 e.